The molecular weight excluding hydrogens is 324 g/mol. The maximum absolute atomic E-state index is 5.90. The summed E-state index contributed by atoms with van der Waals surface area (Å²) in [6.45, 7) is 0.685. The van der Waals surface area contributed by atoms with Gasteiger partial charge in [-0.15, -0.1) is 0 Å². The summed E-state index contributed by atoms with van der Waals surface area (Å²) < 4.78 is 1.90. The molecule has 26 heavy (non-hydrogen) atoms. The molecule has 3 N–H and O–H groups in total. The molecule has 0 fully saturated rings. The van der Waals surface area contributed by atoms with Crippen LogP contribution >= 0.6 is 0 Å². The van der Waals surface area contributed by atoms with Crippen molar-refractivity contribution < 1.29 is 0 Å². The van der Waals surface area contributed by atoms with Gasteiger partial charge in [-0.25, -0.2) is 9.97 Å². The van der Waals surface area contributed by atoms with Crippen LogP contribution in [-0.2, 0) is 6.54 Å². The van der Waals surface area contributed by atoms with E-state index < -0.39 is 0 Å². The average molecular weight is 342 g/mol. The van der Waals surface area contributed by atoms with Crippen molar-refractivity contribution >= 4 is 11.5 Å². The number of aromatic nitrogens is 4. The molecule has 0 radical (unpaired) electrons. The van der Waals surface area contributed by atoms with Crippen LogP contribution in [0.4, 0.5) is 11.5 Å². The Labute approximate surface area is 151 Å². The molecule has 0 atom stereocenters. The molecule has 0 aliphatic carbocycles. The minimum Gasteiger partial charge on any atom is -0.399 e. The van der Waals surface area contributed by atoms with Crippen LogP contribution < -0.4 is 11.1 Å². The largest absolute Gasteiger partial charge is 0.399 e. The first-order valence-corrected chi connectivity index (χ1v) is 8.29. The Balaban J connectivity index is 1.60. The lowest BCUT2D eigenvalue weighted by Gasteiger charge is -2.10. The maximum atomic E-state index is 5.90. The van der Waals surface area contributed by atoms with Gasteiger partial charge in [0, 0.05) is 30.2 Å². The fourth-order valence-electron chi connectivity index (χ4n) is 2.73. The van der Waals surface area contributed by atoms with E-state index in [1.54, 1.807) is 18.6 Å². The van der Waals surface area contributed by atoms with Crippen LogP contribution in [0.3, 0.4) is 0 Å². The SMILES string of the molecule is Nc1cccc(-c2nccn2-c2cncc(NCc3ccccc3)n2)c1. The van der Waals surface area contributed by atoms with Gasteiger partial charge in [0.1, 0.15) is 11.6 Å². The lowest BCUT2D eigenvalue weighted by molar-refractivity contribution is 0.969. The lowest BCUT2D eigenvalue weighted by Crippen LogP contribution is -2.06. The Morgan fingerprint density at radius 1 is 1.00 bits per heavy atom. The lowest BCUT2D eigenvalue weighted by atomic mass is 10.2. The third-order valence-corrected chi connectivity index (χ3v) is 3.97. The molecule has 0 amide bonds. The first-order chi connectivity index (χ1) is 12.8. The van der Waals surface area contributed by atoms with Gasteiger partial charge in [0.05, 0.1) is 12.4 Å². The number of anilines is 2. The smallest absolute Gasteiger partial charge is 0.159 e. The maximum Gasteiger partial charge on any atom is 0.159 e. The quantitative estimate of drug-likeness (QED) is 0.542. The van der Waals surface area contributed by atoms with Gasteiger partial charge in [0.15, 0.2) is 5.82 Å². The number of imidazole rings is 1. The number of nitrogens with two attached hydrogens (primary N) is 1. The highest BCUT2D eigenvalue weighted by atomic mass is 15.2. The minimum atomic E-state index is 0.685. The Hall–Kier alpha value is -3.67. The average Bonchev–Trinajstić information content (AvgIpc) is 3.17. The van der Waals surface area contributed by atoms with E-state index in [1.165, 1.54) is 5.56 Å². The molecule has 128 valence electrons. The van der Waals surface area contributed by atoms with E-state index >= 15 is 0 Å². The van der Waals surface area contributed by atoms with Gasteiger partial charge in [-0.05, 0) is 17.7 Å². The summed E-state index contributed by atoms with van der Waals surface area (Å²) in [7, 11) is 0. The second-order valence-electron chi connectivity index (χ2n) is 5.85. The van der Waals surface area contributed by atoms with E-state index in [0.717, 1.165) is 11.4 Å². The molecule has 6 heteroatoms. The van der Waals surface area contributed by atoms with E-state index in [1.807, 2.05) is 53.2 Å². The van der Waals surface area contributed by atoms with Crippen molar-refractivity contribution in [1.82, 2.24) is 19.5 Å². The number of hydrogen-bond acceptors (Lipinski definition) is 5. The zero-order valence-corrected chi connectivity index (χ0v) is 14.1. The number of hydrogen-bond donors (Lipinski definition) is 2. The van der Waals surface area contributed by atoms with Crippen LogP contribution in [0, 0.1) is 0 Å². The number of nitrogens with zero attached hydrogens (tertiary/aromatic N) is 4. The fraction of sp³-hybridized carbons (Fsp3) is 0.0500. The first-order valence-electron chi connectivity index (χ1n) is 8.29. The van der Waals surface area contributed by atoms with Crippen molar-refractivity contribution in [3.8, 4) is 17.2 Å². The van der Waals surface area contributed by atoms with Crippen LogP contribution in [0.2, 0.25) is 0 Å². The van der Waals surface area contributed by atoms with Crippen molar-refractivity contribution in [3.63, 3.8) is 0 Å². The molecule has 0 saturated heterocycles. The normalized spacial score (nSPS) is 10.6. The molecule has 2 aromatic carbocycles. The van der Waals surface area contributed by atoms with E-state index in [9.17, 15) is 0 Å². The Morgan fingerprint density at radius 3 is 2.73 bits per heavy atom. The van der Waals surface area contributed by atoms with Gasteiger partial charge in [0.25, 0.3) is 0 Å². The van der Waals surface area contributed by atoms with Crippen LogP contribution in [0.1, 0.15) is 5.56 Å². The molecular formula is C20H18N6. The third-order valence-electron chi connectivity index (χ3n) is 3.97. The van der Waals surface area contributed by atoms with Crippen LogP contribution in [0.5, 0.6) is 0 Å². The second kappa shape index (κ2) is 7.06. The number of benzene rings is 2. The monoisotopic (exact) mass is 342 g/mol. The fourth-order valence-corrected chi connectivity index (χ4v) is 2.73. The van der Waals surface area contributed by atoms with Gasteiger partial charge in [0.2, 0.25) is 0 Å². The summed E-state index contributed by atoms with van der Waals surface area (Å²) >= 11 is 0. The molecule has 4 rings (SSSR count). The van der Waals surface area contributed by atoms with E-state index in [-0.39, 0.29) is 0 Å². The van der Waals surface area contributed by atoms with Crippen molar-refractivity contribution in [2.75, 3.05) is 11.1 Å². The standard InChI is InChI=1S/C20H18N6/c21-17-8-4-7-16(11-17)20-23-9-10-26(20)19-14-22-13-18(25-19)24-12-15-5-2-1-3-6-15/h1-11,13-14H,12,21H2,(H,24,25). The molecule has 2 aromatic heterocycles. The topological polar surface area (TPSA) is 81.6 Å². The molecule has 6 nitrogen and oxygen atoms in total. The number of nitrogen functional groups attached to an aromatic ring is 1. The Morgan fingerprint density at radius 2 is 1.88 bits per heavy atom. The van der Waals surface area contributed by atoms with Crippen molar-refractivity contribution in [2.24, 2.45) is 0 Å². The van der Waals surface area contributed by atoms with Crippen molar-refractivity contribution in [1.29, 1.82) is 0 Å². The van der Waals surface area contributed by atoms with Gasteiger partial charge in [-0.2, -0.15) is 0 Å². The summed E-state index contributed by atoms with van der Waals surface area (Å²) in [5.74, 6) is 2.17. The van der Waals surface area contributed by atoms with Crippen molar-refractivity contribution in [2.45, 2.75) is 6.54 Å². The van der Waals surface area contributed by atoms with E-state index in [2.05, 4.69) is 32.4 Å². The Kier molecular flexibility index (Phi) is 4.30. The second-order valence-corrected chi connectivity index (χ2v) is 5.85. The van der Waals surface area contributed by atoms with Gasteiger partial charge >= 0.3 is 0 Å². The van der Waals surface area contributed by atoms with Gasteiger partial charge < -0.3 is 11.1 Å². The Bertz CT molecular complexity index is 1010. The van der Waals surface area contributed by atoms with Crippen LogP contribution in [0.15, 0.2) is 79.4 Å². The summed E-state index contributed by atoms with van der Waals surface area (Å²) in [6, 6.07) is 17.8. The summed E-state index contributed by atoms with van der Waals surface area (Å²) in [4.78, 5) is 13.4. The third kappa shape index (κ3) is 3.39. The molecule has 0 aliphatic rings. The van der Waals surface area contributed by atoms with Crippen molar-refractivity contribution in [3.05, 3.63) is 84.9 Å². The predicted molar refractivity (Wildman–Crippen MR) is 103 cm³/mol. The number of rotatable bonds is 5. The van der Waals surface area contributed by atoms with E-state index in [0.29, 0.717) is 23.9 Å². The summed E-state index contributed by atoms with van der Waals surface area (Å²) in [5.41, 5.74) is 8.71. The van der Waals surface area contributed by atoms with Crippen LogP contribution in [-0.4, -0.2) is 19.5 Å². The first kappa shape index (κ1) is 15.8. The predicted octanol–water partition coefficient (Wildman–Crippen LogP) is 3.52. The summed E-state index contributed by atoms with van der Waals surface area (Å²) in [6.07, 6.45) is 7.03. The van der Waals surface area contributed by atoms with E-state index in [4.69, 9.17) is 5.73 Å². The number of nitrogens with one attached hydrogen (secondary N) is 1. The highest BCUT2D eigenvalue weighted by Crippen LogP contribution is 2.22. The zero-order valence-electron chi connectivity index (χ0n) is 14.1. The molecule has 0 spiro atoms. The summed E-state index contributed by atoms with van der Waals surface area (Å²) in [5, 5.41) is 3.30. The highest BCUT2D eigenvalue weighted by Gasteiger charge is 2.10. The molecule has 0 unspecified atom stereocenters. The van der Waals surface area contributed by atoms with Gasteiger partial charge in [-0.1, -0.05) is 42.5 Å². The molecule has 0 aliphatic heterocycles. The molecule has 0 saturated carbocycles. The molecule has 2 heterocycles. The molecule has 4 aromatic rings. The molecule has 0 bridgehead atoms. The van der Waals surface area contributed by atoms with Gasteiger partial charge in [-0.3, -0.25) is 9.55 Å². The minimum absolute atomic E-state index is 0.685. The highest BCUT2D eigenvalue weighted by molar-refractivity contribution is 5.63. The van der Waals surface area contributed by atoms with Crippen LogP contribution in [0.25, 0.3) is 17.2 Å². The zero-order chi connectivity index (χ0) is 17.8.